The monoisotopic (exact) mass is 1060 g/mol. The summed E-state index contributed by atoms with van der Waals surface area (Å²) in [5, 5.41) is 39.0. The fraction of sp³-hybridized carbons (Fsp3) is 0.579. The number of aromatic hydroxyl groups is 2. The number of phenolic OH excluding ortho intramolecular Hbond substituents is 2. The molecule has 408 valence electrons. The number of hydrogen-bond acceptors (Lipinski definition) is 20. The molecule has 2 bridgehead atoms. The van der Waals surface area contributed by atoms with Gasteiger partial charge in [-0.3, -0.25) is 9.59 Å². The molecule has 4 aromatic carbocycles. The summed E-state index contributed by atoms with van der Waals surface area (Å²) in [5.74, 6) is -7.37. The van der Waals surface area contributed by atoms with E-state index < -0.39 is 71.2 Å². The summed E-state index contributed by atoms with van der Waals surface area (Å²) in [5.41, 5.74) is 1.45. The second-order valence-corrected chi connectivity index (χ2v) is 22.2. The van der Waals surface area contributed by atoms with Crippen molar-refractivity contribution in [2.24, 2.45) is 0 Å². The number of carbonyl (C=O) groups excluding carboxylic acids is 2. The van der Waals surface area contributed by atoms with Crippen molar-refractivity contribution in [3.05, 3.63) is 68.8 Å². The topological polar surface area (TPSA) is 240 Å². The Morgan fingerprint density at radius 3 is 1.65 bits per heavy atom. The van der Waals surface area contributed by atoms with Gasteiger partial charge in [0.1, 0.15) is 46.7 Å². The van der Waals surface area contributed by atoms with E-state index in [2.05, 4.69) is 0 Å². The molecule has 0 saturated carbocycles. The molecular weight excluding hydrogens is 1000 g/mol. The number of rotatable bonds is 10. The molecule has 2 spiro atoms. The second-order valence-electron chi connectivity index (χ2n) is 22.2. The number of phenols is 2. The molecule has 2 aliphatic carbocycles. The number of ketones is 2. The molecule has 77 heavy (non-hydrogen) atoms. The minimum atomic E-state index is -2.22. The Bertz CT molecular complexity index is 3280. The molecule has 6 unspecified atom stereocenters. The largest absolute Gasteiger partial charge is 0.506 e. The van der Waals surface area contributed by atoms with Crippen molar-refractivity contribution >= 4 is 33.1 Å². The SMILES string of the molecule is COc1c2c(c(O)c3c4c(c(C)cc13)C(C)C1OC(O)(C3OCCCO3)[C@]3(CO3)[C@]1(OC/C=C/CO[C@@]13Oc5c(c(C)cc6c(OC)c7c(c(O)c56)C(=O)CCC7)C5OC(C6OCCCO6)(OC51)[C@]31CO1)O4)C(=O)CCC2. The summed E-state index contributed by atoms with van der Waals surface area (Å²) in [6, 6.07) is 3.85. The highest BCUT2D eigenvalue weighted by molar-refractivity contribution is 6.13. The van der Waals surface area contributed by atoms with Gasteiger partial charge in [-0.25, -0.2) is 0 Å². The van der Waals surface area contributed by atoms with Gasteiger partial charge < -0.3 is 86.4 Å². The maximum absolute atomic E-state index is 13.6. The highest BCUT2D eigenvalue weighted by Gasteiger charge is 2.94. The van der Waals surface area contributed by atoms with Gasteiger partial charge in [-0.15, -0.1) is 0 Å². The van der Waals surface area contributed by atoms with Gasteiger partial charge in [0.15, 0.2) is 17.7 Å². The number of benzene rings is 4. The number of carbonyl (C=O) groups is 2. The van der Waals surface area contributed by atoms with Gasteiger partial charge in [-0.05, 0) is 75.6 Å². The van der Waals surface area contributed by atoms with Crippen LogP contribution in [0.3, 0.4) is 0 Å². The second kappa shape index (κ2) is 16.7. The Labute approximate surface area is 441 Å². The third kappa shape index (κ3) is 5.98. The van der Waals surface area contributed by atoms with Crippen molar-refractivity contribution < 1.29 is 96.0 Å². The zero-order valence-corrected chi connectivity index (χ0v) is 43.4. The van der Waals surface area contributed by atoms with E-state index in [9.17, 15) is 24.9 Å². The third-order valence-electron chi connectivity index (χ3n) is 18.3. The molecule has 7 fully saturated rings. The first-order valence-electron chi connectivity index (χ1n) is 26.9. The number of hydrogen-bond donors (Lipinski definition) is 3. The Kier molecular flexibility index (Phi) is 10.6. The van der Waals surface area contributed by atoms with Crippen molar-refractivity contribution in [3.63, 3.8) is 0 Å². The number of aryl methyl sites for hydroxylation is 2. The van der Waals surface area contributed by atoms with Gasteiger partial charge in [0.05, 0.1) is 89.0 Å². The molecule has 20 heteroatoms. The van der Waals surface area contributed by atoms with E-state index in [-0.39, 0.29) is 95.7 Å². The minimum absolute atomic E-state index is 0.0677. The maximum Gasteiger partial charge on any atom is 0.277 e. The predicted molar refractivity (Wildman–Crippen MR) is 264 cm³/mol. The van der Waals surface area contributed by atoms with Crippen molar-refractivity contribution in [1.82, 2.24) is 0 Å². The molecule has 20 nitrogen and oxygen atoms in total. The number of Topliss-reactive ketones (excluding diaryl/α,β-unsaturated/α-hetero) is 2. The molecule has 9 aliphatic heterocycles. The first-order valence-corrected chi connectivity index (χ1v) is 26.9. The van der Waals surface area contributed by atoms with Crippen molar-refractivity contribution in [2.75, 3.05) is 67.1 Å². The molecule has 9 heterocycles. The van der Waals surface area contributed by atoms with Crippen molar-refractivity contribution in [2.45, 2.75) is 143 Å². The maximum atomic E-state index is 13.6. The highest BCUT2D eigenvalue weighted by Crippen LogP contribution is 2.73. The minimum Gasteiger partial charge on any atom is -0.506 e. The zero-order valence-electron chi connectivity index (χ0n) is 43.4. The van der Waals surface area contributed by atoms with Crippen LogP contribution in [0.4, 0.5) is 0 Å². The molecule has 15 rings (SSSR count). The Hall–Kier alpha value is -5.20. The molecule has 0 amide bonds. The normalized spacial score (nSPS) is 36.5. The molecule has 3 N–H and O–H groups in total. The van der Waals surface area contributed by atoms with Crippen LogP contribution in [0.15, 0.2) is 24.3 Å². The molecule has 0 aromatic heterocycles. The average molecular weight is 1070 g/mol. The van der Waals surface area contributed by atoms with Gasteiger partial charge in [-0.1, -0.05) is 19.1 Å². The van der Waals surface area contributed by atoms with Crippen LogP contribution in [-0.2, 0) is 64.9 Å². The number of aliphatic hydroxyl groups is 1. The van der Waals surface area contributed by atoms with Crippen molar-refractivity contribution in [3.8, 4) is 34.5 Å². The van der Waals surface area contributed by atoms with E-state index in [4.69, 9.17) is 71.1 Å². The molecule has 10 atom stereocenters. The van der Waals surface area contributed by atoms with Gasteiger partial charge in [0.25, 0.3) is 23.1 Å². The van der Waals surface area contributed by atoms with Gasteiger partial charge in [0, 0.05) is 51.8 Å². The number of ether oxygens (including phenoxy) is 15. The van der Waals surface area contributed by atoms with E-state index >= 15 is 0 Å². The highest BCUT2D eigenvalue weighted by atomic mass is 16.9. The van der Waals surface area contributed by atoms with E-state index in [0.717, 1.165) is 11.1 Å². The first kappa shape index (κ1) is 48.9. The lowest BCUT2D eigenvalue weighted by Crippen LogP contribution is -2.70. The van der Waals surface area contributed by atoms with E-state index in [1.54, 1.807) is 26.4 Å². The van der Waals surface area contributed by atoms with Crippen LogP contribution in [0, 0.1) is 13.8 Å². The molecule has 0 radical (unpaired) electrons. The Morgan fingerprint density at radius 1 is 0.636 bits per heavy atom. The Balaban J connectivity index is 0.807. The lowest BCUT2D eigenvalue weighted by Gasteiger charge is -2.50. The molecule has 11 aliphatic rings. The van der Waals surface area contributed by atoms with E-state index in [1.165, 1.54) is 0 Å². The third-order valence-corrected chi connectivity index (χ3v) is 18.3. The lowest BCUT2D eigenvalue weighted by molar-refractivity contribution is -0.366. The molecule has 4 aromatic rings. The first-order chi connectivity index (χ1) is 37.3. The smallest absolute Gasteiger partial charge is 0.277 e. The fourth-order valence-electron chi connectivity index (χ4n) is 14.8. The zero-order chi connectivity index (χ0) is 52.8. The number of methoxy groups -OCH3 is 2. The molecule has 7 saturated heterocycles. The number of epoxide rings is 2. The van der Waals surface area contributed by atoms with Gasteiger partial charge in [-0.2, -0.15) is 0 Å². The van der Waals surface area contributed by atoms with Crippen LogP contribution < -0.4 is 18.9 Å². The number of fused-ring (bicyclic) bond motifs is 14. The van der Waals surface area contributed by atoms with E-state index in [0.29, 0.717) is 109 Å². The van der Waals surface area contributed by atoms with Crippen molar-refractivity contribution in [1.29, 1.82) is 0 Å². The summed E-state index contributed by atoms with van der Waals surface area (Å²) in [4.78, 5) is 27.2. The quantitative estimate of drug-likeness (QED) is 0.123. The summed E-state index contributed by atoms with van der Waals surface area (Å²) in [6.07, 6.45) is 2.62. The van der Waals surface area contributed by atoms with Gasteiger partial charge in [0.2, 0.25) is 23.8 Å². The van der Waals surface area contributed by atoms with Gasteiger partial charge >= 0.3 is 0 Å². The summed E-state index contributed by atoms with van der Waals surface area (Å²) >= 11 is 0. The summed E-state index contributed by atoms with van der Waals surface area (Å²) in [7, 11) is 3.10. The Morgan fingerprint density at radius 2 is 1.13 bits per heavy atom. The van der Waals surface area contributed by atoms with Crippen LogP contribution in [0.2, 0.25) is 0 Å². The average Bonchev–Trinajstić information content (AvgIpc) is 4.53. The van der Waals surface area contributed by atoms with Crippen LogP contribution in [0.25, 0.3) is 21.5 Å². The van der Waals surface area contributed by atoms with Crippen LogP contribution in [-0.4, -0.2) is 153 Å². The lowest BCUT2D eigenvalue weighted by atomic mass is 9.77. The van der Waals surface area contributed by atoms with Crippen LogP contribution >= 0.6 is 0 Å². The fourth-order valence-corrected chi connectivity index (χ4v) is 14.8. The van der Waals surface area contributed by atoms with Crippen LogP contribution in [0.5, 0.6) is 34.5 Å². The standard InChI is InChI=1S/C57H60O20/c1-26-22-31-39(41(60)37-29(43(31)63-4)12-8-14-33(37)58)45-35(26)28(3)48-55(73-45,52(24-71-52)54(62,76-48)50-65-16-10-17-66-50)69-20-6-7-21-70-56-49-47(75-57(77-49,53(56)25-72-53)51-67-18-11-19-68-51)36-27(2)23-32-40(46(36)74-56)42(61)38-30(44(32)64-5)13-9-15-34(38)59/h6-7,22-23,28,47-51,60-62H,8-21,24-25H2,1-5H3/b7-6+/t28?,47?,48?,49?,52-,53+,54?,55-,56-,57?/m1/s1. The van der Waals surface area contributed by atoms with E-state index in [1.807, 2.05) is 32.9 Å². The summed E-state index contributed by atoms with van der Waals surface area (Å²) < 4.78 is 98.5. The summed E-state index contributed by atoms with van der Waals surface area (Å²) in [6.45, 7) is 6.95. The predicted octanol–water partition coefficient (Wildman–Crippen LogP) is 5.96. The van der Waals surface area contributed by atoms with Crippen LogP contribution in [0.1, 0.15) is 112 Å². The molecular formula is C57H60O20.